The Labute approximate surface area is 108 Å². The van der Waals surface area contributed by atoms with Gasteiger partial charge in [-0.15, -0.1) is 0 Å². The number of hydrogen-bond donors (Lipinski definition) is 1. The Morgan fingerprint density at radius 2 is 2.11 bits per heavy atom. The molecule has 2 aromatic heterocycles. The minimum atomic E-state index is -2.33. The van der Waals surface area contributed by atoms with E-state index in [0.717, 1.165) is 4.90 Å². The Morgan fingerprint density at radius 1 is 1.33 bits per heavy atom. The fourth-order valence-electron chi connectivity index (χ4n) is 1.68. The number of nitrogens with zero attached hydrogens (tertiary/aromatic N) is 4. The number of hydrogen-bond acceptors (Lipinski definition) is 5. The van der Waals surface area contributed by atoms with Crippen LogP contribution in [0.3, 0.4) is 0 Å². The van der Waals surface area contributed by atoms with Gasteiger partial charge in [-0.05, 0) is 12.1 Å². The molecule has 18 heavy (non-hydrogen) atoms. The lowest BCUT2D eigenvalue weighted by Crippen LogP contribution is -2.28. The molecule has 90 valence electrons. The molecule has 0 saturated heterocycles. The summed E-state index contributed by atoms with van der Waals surface area (Å²) in [5.74, 6) is -0.526. The Kier molecular flexibility index (Phi) is 2.21. The molecule has 0 spiro atoms. The Morgan fingerprint density at radius 3 is 2.78 bits per heavy atom. The van der Waals surface area contributed by atoms with Crippen LogP contribution in [-0.4, -0.2) is 26.0 Å². The molecule has 0 saturated carbocycles. The molecule has 3 heterocycles. The first-order valence-electron chi connectivity index (χ1n) is 5.52. The second-order valence-electron chi connectivity index (χ2n) is 3.55. The minimum absolute atomic E-state index is 0.0586. The zero-order chi connectivity index (χ0) is 13.6. The van der Waals surface area contributed by atoms with Gasteiger partial charge in [0.2, 0.25) is 0 Å². The third-order valence-electron chi connectivity index (χ3n) is 2.47. The fourth-order valence-corrected chi connectivity index (χ4v) is 1.79. The van der Waals surface area contributed by atoms with Crippen molar-refractivity contribution in [1.29, 1.82) is 0 Å². The van der Waals surface area contributed by atoms with Crippen LogP contribution in [0, 0.1) is 0 Å². The first kappa shape index (κ1) is 9.93. The second-order valence-corrected chi connectivity index (χ2v) is 3.99. The highest BCUT2D eigenvalue weighted by molar-refractivity contribution is 6.30. The monoisotopic (exact) mass is 263 g/mol. The maximum Gasteiger partial charge on any atom is 0.282 e. The molecule has 0 fully saturated rings. The topological polar surface area (TPSA) is 79.2 Å². The maximum absolute atomic E-state index is 12.2. The van der Waals surface area contributed by atoms with Crippen LogP contribution in [0.1, 0.15) is 23.8 Å². The summed E-state index contributed by atoms with van der Waals surface area (Å²) in [5.41, 5.74) is -0.173. The molecule has 1 aliphatic rings. The molecule has 3 rings (SSSR count). The number of anilines is 1. The first-order valence-corrected chi connectivity index (χ1v) is 5.39. The molecule has 0 radical (unpaired) electrons. The SMILES string of the molecule is [2H]C1(O)c2nccnc2C(=O)N1c1ccc(Cl)cn1. The molecule has 1 amide bonds. The van der Waals surface area contributed by atoms with E-state index in [9.17, 15) is 9.90 Å². The Hall–Kier alpha value is -2.05. The van der Waals surface area contributed by atoms with Crippen molar-refractivity contribution in [1.82, 2.24) is 15.0 Å². The summed E-state index contributed by atoms with van der Waals surface area (Å²) >= 11 is 5.71. The Bertz CT molecular complexity index is 662. The molecule has 1 aliphatic heterocycles. The van der Waals surface area contributed by atoms with Crippen molar-refractivity contribution >= 4 is 23.3 Å². The predicted octanol–water partition coefficient (Wildman–Crippen LogP) is 1.18. The Balaban J connectivity index is 2.15. The van der Waals surface area contributed by atoms with Crippen LogP contribution in [0.5, 0.6) is 0 Å². The summed E-state index contributed by atoms with van der Waals surface area (Å²) in [6.45, 7) is 0. The van der Waals surface area contributed by atoms with Crippen LogP contribution < -0.4 is 4.90 Å². The molecule has 0 bridgehead atoms. The van der Waals surface area contributed by atoms with Crippen molar-refractivity contribution in [2.45, 2.75) is 6.20 Å². The zero-order valence-corrected chi connectivity index (χ0v) is 9.66. The van der Waals surface area contributed by atoms with Crippen molar-refractivity contribution < 1.29 is 11.3 Å². The average molecular weight is 264 g/mol. The fraction of sp³-hybridized carbons (Fsp3) is 0.0909. The smallest absolute Gasteiger partial charge is 0.282 e. The molecular formula is C11H7ClN4O2. The lowest BCUT2D eigenvalue weighted by Gasteiger charge is -2.18. The standard InChI is InChI=1S/C11H7ClN4O2/c12-6-1-2-7(15-5-6)16-10(17)8-9(11(16)18)14-4-3-13-8/h1-5,10,17H/i10D. The van der Waals surface area contributed by atoms with Crippen molar-refractivity contribution in [2.24, 2.45) is 0 Å². The summed E-state index contributed by atoms with van der Waals surface area (Å²) < 4.78 is 7.93. The number of fused-ring (bicyclic) bond motifs is 1. The van der Waals surface area contributed by atoms with Crippen molar-refractivity contribution in [3.05, 3.63) is 47.1 Å². The predicted molar refractivity (Wildman–Crippen MR) is 63.0 cm³/mol. The third-order valence-corrected chi connectivity index (χ3v) is 2.69. The summed E-state index contributed by atoms with van der Waals surface area (Å²) in [5, 5.41) is 10.6. The van der Waals surface area contributed by atoms with Gasteiger partial charge in [0.1, 0.15) is 11.5 Å². The van der Waals surface area contributed by atoms with Gasteiger partial charge >= 0.3 is 0 Å². The van der Waals surface area contributed by atoms with Crippen LogP contribution in [0.4, 0.5) is 5.82 Å². The molecule has 0 aliphatic carbocycles. The molecule has 1 N–H and O–H groups in total. The third kappa shape index (κ3) is 1.54. The van der Waals surface area contributed by atoms with E-state index in [1.807, 2.05) is 0 Å². The van der Waals surface area contributed by atoms with E-state index < -0.39 is 12.1 Å². The van der Waals surface area contributed by atoms with Gasteiger partial charge in [0.25, 0.3) is 5.91 Å². The van der Waals surface area contributed by atoms with Crippen LogP contribution in [0.15, 0.2) is 30.7 Å². The van der Waals surface area contributed by atoms with Gasteiger partial charge in [-0.3, -0.25) is 14.7 Å². The van der Waals surface area contributed by atoms with Gasteiger partial charge in [0, 0.05) is 18.6 Å². The van der Waals surface area contributed by atoms with Crippen LogP contribution in [-0.2, 0) is 0 Å². The van der Waals surface area contributed by atoms with E-state index in [1.165, 1.54) is 30.7 Å². The molecule has 2 aromatic rings. The normalized spacial score (nSPS) is 22.9. The summed E-state index contributed by atoms with van der Waals surface area (Å²) in [6.07, 6.45) is 1.63. The molecule has 7 heteroatoms. The van der Waals surface area contributed by atoms with E-state index in [4.69, 9.17) is 13.0 Å². The number of rotatable bonds is 1. The maximum atomic E-state index is 12.2. The minimum Gasteiger partial charge on any atom is -0.367 e. The van der Waals surface area contributed by atoms with Gasteiger partial charge in [-0.2, -0.15) is 0 Å². The quantitative estimate of drug-likeness (QED) is 0.836. The lowest BCUT2D eigenvalue weighted by molar-refractivity contribution is 0.0929. The number of halogens is 1. The number of carbonyl (C=O) groups is 1. The molecule has 1 atom stereocenters. The lowest BCUT2D eigenvalue weighted by atomic mass is 10.3. The van der Waals surface area contributed by atoms with Gasteiger partial charge in [-0.1, -0.05) is 11.6 Å². The largest absolute Gasteiger partial charge is 0.367 e. The molecule has 0 aromatic carbocycles. The van der Waals surface area contributed by atoms with Gasteiger partial charge in [0.15, 0.2) is 11.9 Å². The number of amides is 1. The highest BCUT2D eigenvalue weighted by Gasteiger charge is 2.39. The number of carbonyl (C=O) groups excluding carboxylic acids is 1. The van der Waals surface area contributed by atoms with Crippen LogP contribution in [0.2, 0.25) is 5.02 Å². The first-order chi connectivity index (χ1) is 9.01. The summed E-state index contributed by atoms with van der Waals surface area (Å²) in [6, 6.07) is 2.95. The second kappa shape index (κ2) is 4.01. The van der Waals surface area contributed by atoms with E-state index >= 15 is 0 Å². The van der Waals surface area contributed by atoms with Crippen molar-refractivity contribution in [2.75, 3.05) is 4.90 Å². The van der Waals surface area contributed by atoms with Gasteiger partial charge < -0.3 is 5.11 Å². The van der Waals surface area contributed by atoms with E-state index in [2.05, 4.69) is 15.0 Å². The van der Waals surface area contributed by atoms with E-state index in [0.29, 0.717) is 5.02 Å². The van der Waals surface area contributed by atoms with Gasteiger partial charge in [-0.25, -0.2) is 9.97 Å². The van der Waals surface area contributed by atoms with Crippen LogP contribution in [0.25, 0.3) is 0 Å². The summed E-state index contributed by atoms with van der Waals surface area (Å²) in [7, 11) is 0. The van der Waals surface area contributed by atoms with E-state index in [1.54, 1.807) is 0 Å². The number of aromatic nitrogens is 3. The number of aliphatic hydroxyl groups is 1. The highest BCUT2D eigenvalue weighted by atomic mass is 35.5. The zero-order valence-electron chi connectivity index (χ0n) is 9.91. The average Bonchev–Trinajstić information content (AvgIpc) is 2.60. The van der Waals surface area contributed by atoms with Gasteiger partial charge in [0.05, 0.1) is 6.39 Å². The van der Waals surface area contributed by atoms with Crippen LogP contribution >= 0.6 is 11.6 Å². The van der Waals surface area contributed by atoms with E-state index in [-0.39, 0.29) is 17.2 Å². The molecule has 6 nitrogen and oxygen atoms in total. The number of pyridine rings is 1. The highest BCUT2D eigenvalue weighted by Crippen LogP contribution is 2.32. The molecule has 1 unspecified atom stereocenters. The molecular weight excluding hydrogens is 256 g/mol. The van der Waals surface area contributed by atoms with Crippen molar-refractivity contribution in [3.63, 3.8) is 0 Å². The van der Waals surface area contributed by atoms with Crippen molar-refractivity contribution in [3.8, 4) is 0 Å². The summed E-state index contributed by atoms with van der Waals surface area (Å²) in [4.78, 5) is 24.6.